The highest BCUT2D eigenvalue weighted by atomic mass is 16.6. The zero-order valence-corrected chi connectivity index (χ0v) is 16.2. The maximum absolute atomic E-state index is 11.6. The first kappa shape index (κ1) is 20.1. The number of hydrogen-bond acceptors (Lipinski definition) is 3. The van der Waals surface area contributed by atoms with Crippen LogP contribution in [0.2, 0.25) is 5.31 Å². The van der Waals surface area contributed by atoms with Gasteiger partial charge in [0.15, 0.2) is 0 Å². The fraction of sp³-hybridized carbons (Fsp3) is 0.476. The Balaban J connectivity index is 0.000000429. The second-order valence-electron chi connectivity index (χ2n) is 7.71. The van der Waals surface area contributed by atoms with Gasteiger partial charge in [0.05, 0.1) is 5.60 Å². The molecule has 2 aliphatic heterocycles. The van der Waals surface area contributed by atoms with E-state index in [1.54, 1.807) is 11.0 Å². The molecule has 5 heteroatoms. The molecule has 1 aromatic rings. The Labute approximate surface area is 157 Å². The lowest BCUT2D eigenvalue weighted by Crippen LogP contribution is -2.64. The average molecular weight is 353 g/mol. The predicted molar refractivity (Wildman–Crippen MR) is 107 cm³/mol. The van der Waals surface area contributed by atoms with Gasteiger partial charge in [-0.15, -0.1) is 12.8 Å². The van der Waals surface area contributed by atoms with Crippen LogP contribution in [0.5, 0.6) is 5.75 Å². The molecule has 0 radical (unpaired) electrons. The lowest BCUT2D eigenvalue weighted by atomic mass is 9.45. The highest BCUT2D eigenvalue weighted by Gasteiger charge is 2.62. The predicted octanol–water partition coefficient (Wildman–Crippen LogP) is 4.47. The smallest absolute Gasteiger partial charge is 0.534 e. The number of nitrogens with zero attached hydrogens (tertiary/aromatic N) is 1. The molecule has 0 aromatic heterocycles. The fourth-order valence-corrected chi connectivity index (χ4v) is 2.46. The molecule has 1 saturated carbocycles. The molecule has 138 valence electrons. The van der Waals surface area contributed by atoms with Gasteiger partial charge >= 0.3 is 7.12 Å². The number of amides is 1. The molecule has 26 heavy (non-hydrogen) atoms. The molecular weight excluding hydrogens is 325 g/mol. The molecule has 2 heterocycles. The lowest BCUT2D eigenvalue weighted by molar-refractivity contribution is -0.113. The van der Waals surface area contributed by atoms with Crippen molar-refractivity contribution in [2.75, 3.05) is 11.4 Å². The molecule has 2 fully saturated rings. The first-order valence-corrected chi connectivity index (χ1v) is 9.07. The number of terminal acetylenes is 1. The number of benzene rings is 1. The van der Waals surface area contributed by atoms with Crippen LogP contribution in [-0.2, 0) is 9.45 Å². The summed E-state index contributed by atoms with van der Waals surface area (Å²) in [4.78, 5) is 13.4. The molecule has 1 aliphatic carbocycles. The highest BCUT2D eigenvalue weighted by Crippen LogP contribution is 2.53. The van der Waals surface area contributed by atoms with Crippen molar-refractivity contribution in [3.63, 3.8) is 0 Å². The Morgan fingerprint density at radius 2 is 1.65 bits per heavy atom. The third-order valence-electron chi connectivity index (χ3n) is 5.10. The van der Waals surface area contributed by atoms with E-state index in [2.05, 4.69) is 40.5 Å². The lowest BCUT2D eigenvalue weighted by Gasteiger charge is -2.54. The van der Waals surface area contributed by atoms with Crippen LogP contribution in [0.25, 0.3) is 0 Å². The summed E-state index contributed by atoms with van der Waals surface area (Å²) in [5.74, 6) is 0.779. The first-order chi connectivity index (χ1) is 12.3. The van der Waals surface area contributed by atoms with Crippen LogP contribution >= 0.6 is 0 Å². The maximum Gasteiger partial charge on any atom is 0.534 e. The van der Waals surface area contributed by atoms with Crippen molar-refractivity contribution in [1.29, 1.82) is 0 Å². The number of hydrogen-bond donors (Lipinski definition) is 0. The van der Waals surface area contributed by atoms with Crippen LogP contribution in [-0.4, -0.2) is 25.2 Å². The van der Waals surface area contributed by atoms with Gasteiger partial charge in [0.1, 0.15) is 5.75 Å². The van der Waals surface area contributed by atoms with Gasteiger partial charge in [0.25, 0.3) is 5.91 Å². The highest BCUT2D eigenvalue weighted by molar-refractivity contribution is 6.53. The number of anilines is 1. The first-order valence-electron chi connectivity index (χ1n) is 9.07. The quantitative estimate of drug-likeness (QED) is 0.595. The van der Waals surface area contributed by atoms with Crippen LogP contribution in [0.4, 0.5) is 5.69 Å². The summed E-state index contributed by atoms with van der Waals surface area (Å²) in [6.07, 6.45) is 16.0. The van der Waals surface area contributed by atoms with E-state index < -0.39 is 0 Å². The summed E-state index contributed by atoms with van der Waals surface area (Å²) >= 11 is 0. The number of carbonyl (C=O) groups is 1. The molecular formula is C21H28BNO3. The van der Waals surface area contributed by atoms with Crippen molar-refractivity contribution in [2.24, 2.45) is 0 Å². The van der Waals surface area contributed by atoms with Crippen LogP contribution in [0, 0.1) is 12.8 Å². The molecule has 3 aliphatic rings. The topological polar surface area (TPSA) is 38.8 Å². The summed E-state index contributed by atoms with van der Waals surface area (Å²) in [5.41, 5.74) is 0.706. The van der Waals surface area contributed by atoms with E-state index in [0.29, 0.717) is 6.54 Å². The van der Waals surface area contributed by atoms with Gasteiger partial charge in [-0.25, -0.2) is 0 Å². The monoisotopic (exact) mass is 353 g/mol. The Bertz CT molecular complexity index is 671. The summed E-state index contributed by atoms with van der Waals surface area (Å²) in [5, 5.41) is -0.0412. The molecule has 0 N–H and O–H groups in total. The van der Waals surface area contributed by atoms with Crippen molar-refractivity contribution in [3.05, 3.63) is 36.4 Å². The maximum atomic E-state index is 11.6. The molecule has 4 nitrogen and oxygen atoms in total. The zero-order chi connectivity index (χ0) is 19.4. The van der Waals surface area contributed by atoms with Gasteiger partial charge in [-0.3, -0.25) is 4.79 Å². The normalized spacial score (nSPS) is 20.9. The minimum atomic E-state index is -0.242. The van der Waals surface area contributed by atoms with Crippen LogP contribution in [0.15, 0.2) is 36.4 Å². The summed E-state index contributed by atoms with van der Waals surface area (Å²) in [6, 6.07) is 7.56. The molecule has 1 aromatic carbocycles. The summed E-state index contributed by atoms with van der Waals surface area (Å²) < 4.78 is 11.7. The minimum Gasteiger partial charge on any atom is -0.536 e. The second-order valence-corrected chi connectivity index (χ2v) is 7.71. The van der Waals surface area contributed by atoms with E-state index in [9.17, 15) is 4.79 Å². The molecule has 0 spiro atoms. The van der Waals surface area contributed by atoms with Crippen molar-refractivity contribution in [3.8, 4) is 18.6 Å². The SMILES string of the molecule is C#C.C1CC1.CC1(C)OB(Oc2ccc(N3CC=CC3=O)cc2)C1(C)C. The Kier molecular flexibility index (Phi) is 6.20. The van der Waals surface area contributed by atoms with Gasteiger partial charge in [-0.05, 0) is 38.1 Å². The molecule has 4 rings (SSSR count). The standard InChI is InChI=1S/C16H20BNO3.C3H6.C2H2/c1-15(2)16(3,4)21-17(15)20-13-9-7-12(8-10-13)18-11-5-6-14(18)19;1-2-3-1;1-2/h5-10H,11H2,1-4H3;1-3H2;1-2H. The Morgan fingerprint density at radius 3 is 2.04 bits per heavy atom. The second kappa shape index (κ2) is 8.01. The summed E-state index contributed by atoms with van der Waals surface area (Å²) in [7, 11) is -0.242. The average Bonchev–Trinajstić information content (AvgIpc) is 3.45. The molecule has 1 saturated heterocycles. The number of rotatable bonds is 3. The van der Waals surface area contributed by atoms with Gasteiger partial charge in [0, 0.05) is 23.6 Å². The Morgan fingerprint density at radius 1 is 1.08 bits per heavy atom. The third-order valence-corrected chi connectivity index (χ3v) is 5.10. The van der Waals surface area contributed by atoms with E-state index in [4.69, 9.17) is 9.31 Å². The largest absolute Gasteiger partial charge is 0.536 e. The van der Waals surface area contributed by atoms with Crippen molar-refractivity contribution >= 4 is 18.7 Å². The van der Waals surface area contributed by atoms with Gasteiger partial charge in [0.2, 0.25) is 0 Å². The molecule has 0 atom stereocenters. The minimum absolute atomic E-state index is 0.0221. The van der Waals surface area contributed by atoms with E-state index in [1.165, 1.54) is 19.3 Å². The molecule has 1 amide bonds. The molecule has 0 bridgehead atoms. The van der Waals surface area contributed by atoms with Gasteiger partial charge < -0.3 is 14.2 Å². The van der Waals surface area contributed by atoms with Crippen molar-refractivity contribution < 1.29 is 14.1 Å². The van der Waals surface area contributed by atoms with E-state index in [0.717, 1.165) is 11.4 Å². The van der Waals surface area contributed by atoms with Crippen molar-refractivity contribution in [2.45, 2.75) is 57.9 Å². The third kappa shape index (κ3) is 4.31. The van der Waals surface area contributed by atoms with Crippen LogP contribution in [0.3, 0.4) is 0 Å². The number of carbonyl (C=O) groups excluding carboxylic acids is 1. The van der Waals surface area contributed by atoms with Crippen molar-refractivity contribution in [1.82, 2.24) is 0 Å². The van der Waals surface area contributed by atoms with E-state index in [-0.39, 0.29) is 23.9 Å². The van der Waals surface area contributed by atoms with E-state index in [1.807, 2.05) is 30.3 Å². The zero-order valence-electron chi connectivity index (χ0n) is 16.2. The van der Waals surface area contributed by atoms with Crippen LogP contribution in [0.1, 0.15) is 47.0 Å². The summed E-state index contributed by atoms with van der Waals surface area (Å²) in [6.45, 7) is 9.06. The van der Waals surface area contributed by atoms with Gasteiger partial charge in [-0.1, -0.05) is 39.2 Å². The van der Waals surface area contributed by atoms with Gasteiger partial charge in [-0.2, -0.15) is 0 Å². The molecule has 0 unspecified atom stereocenters. The Hall–Kier alpha value is -2.19. The van der Waals surface area contributed by atoms with Crippen LogP contribution < -0.4 is 9.55 Å². The van der Waals surface area contributed by atoms with E-state index >= 15 is 0 Å². The fourth-order valence-electron chi connectivity index (χ4n) is 2.46.